The Morgan fingerprint density at radius 1 is 0.750 bits per heavy atom. The van der Waals surface area contributed by atoms with Crippen LogP contribution in [0.25, 0.3) is 0 Å². The van der Waals surface area contributed by atoms with E-state index in [9.17, 15) is 0 Å². The molecule has 2 fully saturated rings. The van der Waals surface area contributed by atoms with Crippen LogP contribution < -0.4 is 0 Å². The number of hydrogen-bond acceptors (Lipinski definition) is 0. The van der Waals surface area contributed by atoms with Crippen LogP contribution in [0.5, 0.6) is 0 Å². The highest BCUT2D eigenvalue weighted by Crippen LogP contribution is 2.37. The zero-order valence-corrected chi connectivity index (χ0v) is 21.9. The molecule has 0 N–H and O–H groups in total. The van der Waals surface area contributed by atoms with Crippen LogP contribution in [0.1, 0.15) is 134 Å². The standard InChI is InChI=1S/C18H34.C6H12.2C2H6/c1-7-17(12-15(5)16(6)13(2)3)18-10-8-14(4)9-11-18;1-6-4-2-3-5-6;2*1-2/h7,13-16,18H,8-12H2,1-6H3;6H,2-5H2,1H3;2*1-2H3. The Labute approximate surface area is 181 Å². The van der Waals surface area contributed by atoms with E-state index in [4.69, 9.17) is 0 Å². The molecule has 0 nitrogen and oxygen atoms in total. The molecule has 0 heterocycles. The van der Waals surface area contributed by atoms with Crippen LogP contribution in [0.15, 0.2) is 11.6 Å². The van der Waals surface area contributed by atoms with Crippen LogP contribution in [0, 0.1) is 35.5 Å². The van der Waals surface area contributed by atoms with Crippen molar-refractivity contribution >= 4 is 0 Å². The Morgan fingerprint density at radius 2 is 1.18 bits per heavy atom. The maximum atomic E-state index is 2.44. The largest absolute Gasteiger partial charge is 0.0882 e. The molecule has 0 aromatic carbocycles. The van der Waals surface area contributed by atoms with Crippen molar-refractivity contribution in [2.24, 2.45) is 35.5 Å². The van der Waals surface area contributed by atoms with Gasteiger partial charge in [-0.25, -0.2) is 0 Å². The quantitative estimate of drug-likeness (QED) is 0.407. The molecule has 2 aliphatic rings. The fourth-order valence-corrected chi connectivity index (χ4v) is 4.50. The first-order valence-corrected chi connectivity index (χ1v) is 13.0. The van der Waals surface area contributed by atoms with Crippen molar-refractivity contribution in [3.8, 4) is 0 Å². The third-order valence-electron chi connectivity index (χ3n) is 7.06. The van der Waals surface area contributed by atoms with Gasteiger partial charge in [-0.05, 0) is 61.7 Å². The molecule has 170 valence electrons. The van der Waals surface area contributed by atoms with Crippen molar-refractivity contribution in [1.82, 2.24) is 0 Å². The molecule has 0 radical (unpaired) electrons. The van der Waals surface area contributed by atoms with Crippen LogP contribution in [0.2, 0.25) is 0 Å². The van der Waals surface area contributed by atoms with Gasteiger partial charge in [0.05, 0.1) is 0 Å². The summed E-state index contributed by atoms with van der Waals surface area (Å²) < 4.78 is 0. The second-order valence-corrected chi connectivity index (χ2v) is 9.49. The summed E-state index contributed by atoms with van der Waals surface area (Å²) in [7, 11) is 0. The lowest BCUT2D eigenvalue weighted by molar-refractivity contribution is 0.269. The van der Waals surface area contributed by atoms with Gasteiger partial charge in [0.2, 0.25) is 0 Å². The van der Waals surface area contributed by atoms with Gasteiger partial charge in [-0.2, -0.15) is 0 Å². The molecular weight excluding hydrogens is 336 g/mol. The molecule has 2 atom stereocenters. The smallest absolute Gasteiger partial charge is 0.0203 e. The second kappa shape index (κ2) is 18.7. The molecule has 28 heavy (non-hydrogen) atoms. The molecule has 0 heteroatoms. The van der Waals surface area contributed by atoms with Crippen LogP contribution in [-0.4, -0.2) is 0 Å². The third kappa shape index (κ3) is 13.1. The third-order valence-corrected chi connectivity index (χ3v) is 7.06. The highest BCUT2D eigenvalue weighted by Gasteiger charge is 2.24. The first-order valence-electron chi connectivity index (χ1n) is 13.0. The molecule has 0 bridgehead atoms. The van der Waals surface area contributed by atoms with Crippen LogP contribution in [0.3, 0.4) is 0 Å². The van der Waals surface area contributed by atoms with Crippen molar-refractivity contribution in [1.29, 1.82) is 0 Å². The van der Waals surface area contributed by atoms with Gasteiger partial charge in [0, 0.05) is 0 Å². The minimum Gasteiger partial charge on any atom is -0.0882 e. The molecule has 0 spiro atoms. The maximum absolute atomic E-state index is 2.44. The summed E-state index contributed by atoms with van der Waals surface area (Å²) in [5, 5.41) is 0. The number of rotatable bonds is 5. The Balaban J connectivity index is 0. The fraction of sp³-hybridized carbons (Fsp3) is 0.929. The van der Waals surface area contributed by atoms with Crippen molar-refractivity contribution < 1.29 is 0 Å². The summed E-state index contributed by atoms with van der Waals surface area (Å²) in [4.78, 5) is 0. The predicted octanol–water partition coefficient (Wildman–Crippen LogP) is 10.3. The van der Waals surface area contributed by atoms with Crippen LogP contribution in [0.4, 0.5) is 0 Å². The van der Waals surface area contributed by atoms with E-state index in [0.29, 0.717) is 0 Å². The Bertz CT molecular complexity index is 337. The highest BCUT2D eigenvalue weighted by molar-refractivity contribution is 5.08. The summed E-state index contributed by atoms with van der Waals surface area (Å²) >= 11 is 0. The van der Waals surface area contributed by atoms with Gasteiger partial charge in [0.1, 0.15) is 0 Å². The topological polar surface area (TPSA) is 0 Å². The van der Waals surface area contributed by atoms with E-state index in [1.165, 1.54) is 57.8 Å². The highest BCUT2D eigenvalue weighted by atomic mass is 14.3. The Kier molecular flexibility index (Phi) is 20.0. The molecule has 0 amide bonds. The Morgan fingerprint density at radius 3 is 1.50 bits per heavy atom. The summed E-state index contributed by atoms with van der Waals surface area (Å²) in [5.41, 5.74) is 1.75. The molecule has 2 aliphatic carbocycles. The van der Waals surface area contributed by atoms with E-state index in [2.05, 4.69) is 54.5 Å². The van der Waals surface area contributed by atoms with Crippen molar-refractivity contribution in [2.75, 3.05) is 0 Å². The van der Waals surface area contributed by atoms with E-state index in [0.717, 1.165) is 35.5 Å². The first kappa shape index (κ1) is 29.9. The molecule has 0 saturated heterocycles. The van der Waals surface area contributed by atoms with E-state index in [1.807, 2.05) is 27.7 Å². The summed E-state index contributed by atoms with van der Waals surface area (Å²) in [5.74, 6) is 5.38. The molecule has 0 aromatic rings. The summed E-state index contributed by atoms with van der Waals surface area (Å²) in [6.07, 6.45) is 15.4. The first-order chi connectivity index (χ1) is 13.3. The van der Waals surface area contributed by atoms with Gasteiger partial charge >= 0.3 is 0 Å². The molecule has 2 saturated carbocycles. The molecule has 0 aromatic heterocycles. The van der Waals surface area contributed by atoms with E-state index in [-0.39, 0.29) is 0 Å². The average molecular weight is 395 g/mol. The summed E-state index contributed by atoms with van der Waals surface area (Å²) in [6.45, 7) is 24.6. The van der Waals surface area contributed by atoms with Gasteiger partial charge < -0.3 is 0 Å². The van der Waals surface area contributed by atoms with E-state index < -0.39 is 0 Å². The average Bonchev–Trinajstić information content (AvgIpc) is 3.20. The molecule has 2 rings (SSSR count). The van der Waals surface area contributed by atoms with Gasteiger partial charge in [-0.3, -0.25) is 0 Å². The minimum absolute atomic E-state index is 0.810. The predicted molar refractivity (Wildman–Crippen MR) is 133 cm³/mol. The lowest BCUT2D eigenvalue weighted by Crippen LogP contribution is -2.19. The van der Waals surface area contributed by atoms with E-state index >= 15 is 0 Å². The molecule has 0 aliphatic heterocycles. The van der Waals surface area contributed by atoms with Crippen molar-refractivity contribution in [3.63, 3.8) is 0 Å². The SMILES string of the molecule is CC.CC.CC1CCCC1.CC=C(CC(C)C(C)C(C)C)C1CCC(C)CC1. The van der Waals surface area contributed by atoms with Crippen molar-refractivity contribution in [3.05, 3.63) is 11.6 Å². The van der Waals surface area contributed by atoms with Crippen LogP contribution in [-0.2, 0) is 0 Å². The molecular formula is C28H58. The summed E-state index contributed by atoms with van der Waals surface area (Å²) in [6, 6.07) is 0. The fourth-order valence-electron chi connectivity index (χ4n) is 4.50. The normalized spacial score (nSPS) is 24.8. The van der Waals surface area contributed by atoms with Crippen molar-refractivity contribution in [2.45, 2.75) is 134 Å². The second-order valence-electron chi connectivity index (χ2n) is 9.49. The van der Waals surface area contributed by atoms with Crippen LogP contribution >= 0.6 is 0 Å². The minimum atomic E-state index is 0.810. The lowest BCUT2D eigenvalue weighted by atomic mass is 9.74. The maximum Gasteiger partial charge on any atom is -0.0203 e. The van der Waals surface area contributed by atoms with Gasteiger partial charge in [-0.1, -0.05) is 119 Å². The van der Waals surface area contributed by atoms with Gasteiger partial charge in [0.25, 0.3) is 0 Å². The van der Waals surface area contributed by atoms with Gasteiger partial charge in [0.15, 0.2) is 0 Å². The number of hydrogen-bond donors (Lipinski definition) is 0. The lowest BCUT2D eigenvalue weighted by Gasteiger charge is -2.31. The zero-order valence-electron chi connectivity index (χ0n) is 21.9. The number of allylic oxidation sites excluding steroid dienone is 2. The Hall–Kier alpha value is -0.260. The zero-order chi connectivity index (χ0) is 22.1. The molecule has 2 unspecified atom stereocenters. The monoisotopic (exact) mass is 394 g/mol. The van der Waals surface area contributed by atoms with E-state index in [1.54, 1.807) is 5.57 Å². The van der Waals surface area contributed by atoms with Gasteiger partial charge in [-0.15, -0.1) is 0 Å².